The lowest BCUT2D eigenvalue weighted by Gasteiger charge is -2.00. The summed E-state index contributed by atoms with van der Waals surface area (Å²) in [5.41, 5.74) is 0.514. The maximum absolute atomic E-state index is 12.9. The van der Waals surface area contributed by atoms with Gasteiger partial charge in [-0.1, -0.05) is 11.6 Å². The first kappa shape index (κ1) is 9.50. The number of hydrogen-bond acceptors (Lipinski definition) is 1. The molecule has 0 saturated heterocycles. The Morgan fingerprint density at radius 3 is 2.83 bits per heavy atom. The normalized spacial score (nSPS) is 9.50. The molecule has 62 valence electrons. The molecule has 1 aromatic rings. The Morgan fingerprint density at radius 1 is 1.58 bits per heavy atom. The molecule has 1 nitrogen and oxygen atoms in total. The SMILES string of the molecule is N#CCc1cc(F)c(Br)cc1Cl. The summed E-state index contributed by atoms with van der Waals surface area (Å²) in [5, 5.41) is 8.77. The molecule has 1 aromatic carbocycles. The van der Waals surface area contributed by atoms with Gasteiger partial charge in [0.1, 0.15) is 5.82 Å². The van der Waals surface area contributed by atoms with Gasteiger partial charge >= 0.3 is 0 Å². The van der Waals surface area contributed by atoms with E-state index in [2.05, 4.69) is 15.9 Å². The molecule has 0 saturated carbocycles. The van der Waals surface area contributed by atoms with Gasteiger partial charge < -0.3 is 0 Å². The van der Waals surface area contributed by atoms with Crippen LogP contribution in [-0.4, -0.2) is 0 Å². The zero-order valence-corrected chi connectivity index (χ0v) is 8.28. The summed E-state index contributed by atoms with van der Waals surface area (Å²) in [6.45, 7) is 0. The highest BCUT2D eigenvalue weighted by Gasteiger charge is 2.05. The molecule has 0 amide bonds. The Labute approximate surface area is 82.9 Å². The summed E-state index contributed by atoms with van der Waals surface area (Å²) >= 11 is 8.72. The van der Waals surface area contributed by atoms with Crippen LogP contribution in [0.2, 0.25) is 5.02 Å². The monoisotopic (exact) mass is 247 g/mol. The van der Waals surface area contributed by atoms with Gasteiger partial charge in [0.2, 0.25) is 0 Å². The van der Waals surface area contributed by atoms with Crippen molar-refractivity contribution in [2.24, 2.45) is 0 Å². The maximum atomic E-state index is 12.9. The van der Waals surface area contributed by atoms with Crippen LogP contribution in [0.3, 0.4) is 0 Å². The van der Waals surface area contributed by atoms with Gasteiger partial charge in [0, 0.05) is 5.02 Å². The number of hydrogen-bond donors (Lipinski definition) is 0. The highest BCUT2D eigenvalue weighted by atomic mass is 79.9. The van der Waals surface area contributed by atoms with Crippen molar-refractivity contribution in [2.45, 2.75) is 6.42 Å². The highest BCUT2D eigenvalue weighted by molar-refractivity contribution is 9.10. The van der Waals surface area contributed by atoms with Gasteiger partial charge in [0.15, 0.2) is 0 Å². The van der Waals surface area contributed by atoms with Gasteiger partial charge in [-0.2, -0.15) is 5.26 Å². The fraction of sp³-hybridized carbons (Fsp3) is 0.125. The van der Waals surface area contributed by atoms with Crippen molar-refractivity contribution in [3.8, 4) is 6.07 Å². The predicted octanol–water partition coefficient (Wildman–Crippen LogP) is 3.31. The van der Waals surface area contributed by atoms with Crippen LogP contribution in [0.4, 0.5) is 4.39 Å². The molecule has 12 heavy (non-hydrogen) atoms. The summed E-state index contributed by atoms with van der Waals surface area (Å²) in [6.07, 6.45) is 0.128. The van der Waals surface area contributed by atoms with Gasteiger partial charge in [-0.05, 0) is 33.6 Å². The lowest BCUT2D eigenvalue weighted by atomic mass is 10.2. The first-order valence-corrected chi connectivity index (χ1v) is 4.32. The summed E-state index contributed by atoms with van der Waals surface area (Å²) in [5.74, 6) is -0.398. The first-order valence-electron chi connectivity index (χ1n) is 3.15. The number of nitrogens with zero attached hydrogens (tertiary/aromatic N) is 1. The third-order valence-corrected chi connectivity index (χ3v) is 2.32. The van der Waals surface area contributed by atoms with Crippen molar-refractivity contribution >= 4 is 27.5 Å². The van der Waals surface area contributed by atoms with Crippen molar-refractivity contribution in [1.82, 2.24) is 0 Å². The molecule has 0 aliphatic carbocycles. The Kier molecular flexibility index (Phi) is 3.07. The van der Waals surface area contributed by atoms with E-state index in [-0.39, 0.29) is 6.42 Å². The highest BCUT2D eigenvalue weighted by Crippen LogP contribution is 2.24. The molecule has 0 N–H and O–H groups in total. The quantitative estimate of drug-likeness (QED) is 0.700. The average Bonchev–Trinajstić information content (AvgIpc) is 2.01. The van der Waals surface area contributed by atoms with Crippen LogP contribution in [0.25, 0.3) is 0 Å². The molecular weight excluding hydrogens is 244 g/mol. The largest absolute Gasteiger partial charge is 0.206 e. The van der Waals surface area contributed by atoms with E-state index in [0.29, 0.717) is 15.1 Å². The van der Waals surface area contributed by atoms with Gasteiger partial charge in [-0.15, -0.1) is 0 Å². The molecule has 0 unspecified atom stereocenters. The van der Waals surface area contributed by atoms with E-state index < -0.39 is 5.82 Å². The lowest BCUT2D eigenvalue weighted by Crippen LogP contribution is -1.87. The molecule has 1 rings (SSSR count). The maximum Gasteiger partial charge on any atom is 0.137 e. The minimum atomic E-state index is -0.398. The van der Waals surface area contributed by atoms with Crippen LogP contribution >= 0.6 is 27.5 Å². The predicted molar refractivity (Wildman–Crippen MR) is 48.4 cm³/mol. The van der Waals surface area contributed by atoms with Gasteiger partial charge in [0.25, 0.3) is 0 Å². The topological polar surface area (TPSA) is 23.8 Å². The van der Waals surface area contributed by atoms with Crippen molar-refractivity contribution in [3.63, 3.8) is 0 Å². The summed E-state index contributed by atoms with van der Waals surface area (Å²) < 4.78 is 13.2. The summed E-state index contributed by atoms with van der Waals surface area (Å²) in [4.78, 5) is 0. The van der Waals surface area contributed by atoms with Crippen LogP contribution in [0.5, 0.6) is 0 Å². The van der Waals surface area contributed by atoms with Crippen LogP contribution in [-0.2, 0) is 6.42 Å². The van der Waals surface area contributed by atoms with E-state index in [1.54, 1.807) is 0 Å². The molecule has 0 aromatic heterocycles. The third-order valence-electron chi connectivity index (χ3n) is 1.36. The zero-order valence-electron chi connectivity index (χ0n) is 5.94. The van der Waals surface area contributed by atoms with Crippen molar-refractivity contribution < 1.29 is 4.39 Å². The minimum Gasteiger partial charge on any atom is -0.206 e. The van der Waals surface area contributed by atoms with E-state index in [1.807, 2.05) is 6.07 Å². The second-order valence-corrected chi connectivity index (χ2v) is 3.45. The average molecular weight is 248 g/mol. The summed E-state index contributed by atoms with van der Waals surface area (Å²) in [7, 11) is 0. The fourth-order valence-corrected chi connectivity index (χ4v) is 1.49. The molecule has 0 aliphatic rings. The second kappa shape index (κ2) is 3.88. The van der Waals surface area contributed by atoms with Crippen LogP contribution in [0, 0.1) is 17.1 Å². The lowest BCUT2D eigenvalue weighted by molar-refractivity contribution is 0.619. The molecule has 0 bridgehead atoms. The van der Waals surface area contributed by atoms with E-state index in [4.69, 9.17) is 16.9 Å². The van der Waals surface area contributed by atoms with Gasteiger partial charge in [0.05, 0.1) is 17.0 Å². The van der Waals surface area contributed by atoms with Crippen molar-refractivity contribution in [2.75, 3.05) is 0 Å². The Morgan fingerprint density at radius 2 is 2.25 bits per heavy atom. The molecule has 0 spiro atoms. The van der Waals surface area contributed by atoms with Gasteiger partial charge in [-0.25, -0.2) is 4.39 Å². The van der Waals surface area contributed by atoms with E-state index in [1.165, 1.54) is 12.1 Å². The number of nitriles is 1. The number of benzene rings is 1. The third kappa shape index (κ3) is 1.96. The zero-order chi connectivity index (χ0) is 9.14. The van der Waals surface area contributed by atoms with Crippen LogP contribution < -0.4 is 0 Å². The number of rotatable bonds is 1. The standard InChI is InChI=1S/C8H4BrClFN/c9-6-4-7(10)5(1-2-12)3-8(6)11/h3-4H,1H2. The molecule has 4 heteroatoms. The minimum absolute atomic E-state index is 0.128. The second-order valence-electron chi connectivity index (χ2n) is 2.19. The first-order chi connectivity index (χ1) is 5.65. The Balaban J connectivity index is 3.16. The summed E-state index contributed by atoms with van der Waals surface area (Å²) in [6, 6.07) is 4.61. The molecule has 0 fully saturated rings. The molecule has 0 heterocycles. The molecule has 0 aliphatic heterocycles. The van der Waals surface area contributed by atoms with Crippen LogP contribution in [0.15, 0.2) is 16.6 Å². The van der Waals surface area contributed by atoms with Crippen molar-refractivity contribution in [1.29, 1.82) is 5.26 Å². The molecule has 0 atom stereocenters. The molecular formula is C8H4BrClFN. The van der Waals surface area contributed by atoms with E-state index >= 15 is 0 Å². The Hall–Kier alpha value is -0.590. The molecule has 0 radical (unpaired) electrons. The number of halogens is 3. The van der Waals surface area contributed by atoms with E-state index in [9.17, 15) is 4.39 Å². The van der Waals surface area contributed by atoms with Crippen molar-refractivity contribution in [3.05, 3.63) is 33.0 Å². The Bertz CT molecular complexity index is 346. The van der Waals surface area contributed by atoms with Crippen LogP contribution in [0.1, 0.15) is 5.56 Å². The smallest absolute Gasteiger partial charge is 0.137 e. The fourth-order valence-electron chi connectivity index (χ4n) is 0.784. The van der Waals surface area contributed by atoms with E-state index in [0.717, 1.165) is 0 Å². The van der Waals surface area contributed by atoms with Gasteiger partial charge in [-0.3, -0.25) is 0 Å².